The average Bonchev–Trinajstić information content (AvgIpc) is 1.64. The predicted molar refractivity (Wildman–Crippen MR) is 508 cm³/mol. The first-order chi connectivity index (χ1) is 59.5. The zero-order valence-corrected chi connectivity index (χ0v) is 79.7. The highest BCUT2D eigenvalue weighted by Gasteiger charge is 2.49. The fourth-order valence-corrected chi connectivity index (χ4v) is 20.0. The van der Waals surface area contributed by atoms with Crippen LogP contribution in [0.5, 0.6) is 6.01 Å². The summed E-state index contributed by atoms with van der Waals surface area (Å²) in [6, 6.07) is 0.0972. The van der Waals surface area contributed by atoms with Crippen LogP contribution in [0.2, 0.25) is 0 Å². The van der Waals surface area contributed by atoms with Gasteiger partial charge in [0.1, 0.15) is 106 Å². The van der Waals surface area contributed by atoms with Crippen molar-refractivity contribution in [3.63, 3.8) is 0 Å². The molecule has 15 heterocycles. The number of nitrogen functional groups attached to an aromatic ring is 5. The topological polar surface area (TPSA) is 606 Å². The predicted octanol–water partition coefficient (Wildman–Crippen LogP) is 3.81. The Kier molecular flexibility index (Phi) is 32.3. The molecule has 0 saturated carbocycles. The number of hydrogen-bond donors (Lipinski definition) is 15. The summed E-state index contributed by atoms with van der Waals surface area (Å²) in [5.41, 5.74) is 34.4. The van der Waals surface area contributed by atoms with E-state index in [1.54, 1.807) is 36.1 Å². The normalized spacial score (nSPS) is 27.0. The number of anilines is 5. The Morgan fingerprint density at radius 3 is 0.835 bits per heavy atom. The molecule has 10 aromatic rings. The molecule has 0 unspecified atom stereocenters. The van der Waals surface area contributed by atoms with Gasteiger partial charge >= 0.3 is 6.01 Å². The SMILES string of the molecule is C=P(C)(C)CC[C@H]1O[C@@H](n2cnc3c(N)nc(C)nc32)[C@H](O)[C@@H]1O.C=P(C)(C)CC[C@H]1O[C@@H](n2cnc3c(N)nc(CC)nc32)[C@H](O)[C@@H]1O.C=P(C)(C)CC[C@H]1O[C@@H](n2cnc3c(N)nc(CCC)nc32)[C@H](O)[C@@H]1O.C=P(C)(C)CC[C@H]1O[C@@H](n2cnc3c(N)nc(CCCC)nc32)[C@H](O)[C@@H]1O.C=P(C)(C)CC[C@H]1O[C@@H](n2cnc3c(N)nc(OC)nc32)[C@H](O)[C@@H]1O. The van der Waals surface area contributed by atoms with Crippen molar-refractivity contribution < 1.29 is 79.5 Å². The van der Waals surface area contributed by atoms with E-state index in [0.717, 1.165) is 56.5 Å². The third-order valence-electron chi connectivity index (χ3n) is 22.4. The molecule has 41 nitrogen and oxygen atoms in total. The van der Waals surface area contributed by atoms with Crippen LogP contribution in [0.4, 0.5) is 29.1 Å². The van der Waals surface area contributed by atoms with Gasteiger partial charge in [0.25, 0.3) is 0 Å². The Balaban J connectivity index is 0.000000154. The van der Waals surface area contributed by atoms with Crippen molar-refractivity contribution in [2.75, 3.05) is 133 Å². The molecule has 0 aliphatic carbocycles. The van der Waals surface area contributed by atoms with Gasteiger partial charge in [0.15, 0.2) is 94.0 Å². The number of ether oxygens (including phenoxy) is 6. The molecule has 46 heteroatoms. The average molecular weight is 1870 g/mol. The number of aliphatic hydroxyl groups is 10. The second-order valence-electron chi connectivity index (χ2n) is 36.6. The van der Waals surface area contributed by atoms with Crippen LogP contribution < -0.4 is 33.4 Å². The second-order valence-corrected chi connectivity index (χ2v) is 58.2. The number of rotatable bonds is 27. The van der Waals surface area contributed by atoms with E-state index in [1.165, 1.54) is 32.4 Å². The number of methoxy groups -OCH3 is 1. The Morgan fingerprint density at radius 1 is 0.331 bits per heavy atom. The van der Waals surface area contributed by atoms with Gasteiger partial charge in [0.05, 0.1) is 69.3 Å². The van der Waals surface area contributed by atoms with Crippen LogP contribution in [0.1, 0.15) is 127 Å². The molecule has 5 fully saturated rings. The van der Waals surface area contributed by atoms with Gasteiger partial charge in [-0.2, -0.15) is 9.97 Å². The highest BCUT2D eigenvalue weighted by molar-refractivity contribution is 7.73. The standard InChI is InChI=1S/C18H30N5O3P.C17H28N5O3P.C16H26N5O3P.C15H24N5O4P.C15H24N5O3P/c1-5-6-7-12-21-16(19)13-17(22-12)23(10-20-13)18-15(25)14(24)11(26-18)8-9-27(2,3)4;1-5-6-11-20-15(18)12-16(21-11)22(9-19-12)17-14(24)13(23)10(25-17)7-8-26(2,3)4;1-5-10-19-14(17)11-15(20-10)21(8-18-11)16-13(23)12(22)9(24-16)6-7-25(2,3)4;1-23-15-18-12(16)9-13(19-15)20(7-17-9)14-11(22)10(21)8(24-14)5-6-25(2,3)4;1-8-18-13(16)10-14(19-8)20(7-17-10)15-12(22)11(21)9(23-15)5-6-24(2,3)4/h10-11,14-15,18,24-25H,2,5-9H2,1,3-4H3,(H2,19,21,22);9-10,13-14,17,23-24H,2,5-8H2,1,3-4H3,(H2,18,20,21);8-9,12-13,16,22-23H,2,5-7H2,1,3-4H3,(H2,17,19,20);7-8,10-11,14,21-22H,2,5-6H2,1,3-4H3,(H2,16,18,19);7,9,11-12,15,21-22H,2,5-6H2,1,3-4H3,(H2,16,18,19)/t11-,14-,15-,18-;10-,13-,14-,17-;9-,12-,13-,16-;8-,10-,11-,14-;9-,11-,12-,15-/m11111/s1. The fourth-order valence-electron chi connectivity index (χ4n) is 15.3. The highest BCUT2D eigenvalue weighted by Crippen LogP contribution is 2.46. The first-order valence-corrected chi connectivity index (χ1v) is 57.7. The number of aryl methyl sites for hydroxylation is 4. The smallest absolute Gasteiger partial charge is 0.320 e. The summed E-state index contributed by atoms with van der Waals surface area (Å²) in [6.45, 7) is 23.0. The number of nitrogens with two attached hydrogens (primary N) is 5. The zero-order chi connectivity index (χ0) is 93.2. The van der Waals surface area contributed by atoms with E-state index >= 15 is 0 Å². The molecule has 0 amide bonds. The summed E-state index contributed by atoms with van der Waals surface area (Å²) < 4.78 is 42.9. The van der Waals surface area contributed by atoms with Gasteiger partial charge in [-0.25, -0.2) is 64.8 Å². The molecule has 20 atom stereocenters. The summed E-state index contributed by atoms with van der Waals surface area (Å²) in [5.74, 6) is 3.77. The van der Waals surface area contributed by atoms with E-state index in [-0.39, 0.29) is 17.6 Å². The lowest BCUT2D eigenvalue weighted by molar-refractivity contribution is -0.0353. The zero-order valence-electron chi connectivity index (χ0n) is 75.3. The van der Waals surface area contributed by atoms with Gasteiger partial charge in [-0.05, 0) is 149 Å². The van der Waals surface area contributed by atoms with Crippen LogP contribution in [0.25, 0.3) is 55.8 Å². The molecule has 0 bridgehead atoms. The van der Waals surface area contributed by atoms with Gasteiger partial charge < -0.3 is 108 Å². The maximum absolute atomic E-state index is 10.6. The number of nitrogens with zero attached hydrogens (tertiary/aromatic N) is 20. The van der Waals surface area contributed by atoms with Crippen molar-refractivity contribution in [1.82, 2.24) is 97.6 Å². The van der Waals surface area contributed by atoms with Gasteiger partial charge in [0.2, 0.25) is 0 Å². The van der Waals surface area contributed by atoms with E-state index in [4.69, 9.17) is 57.1 Å². The minimum absolute atomic E-state index is 0.0972. The van der Waals surface area contributed by atoms with Crippen LogP contribution in [-0.2, 0) is 42.9 Å². The first-order valence-electron chi connectivity index (χ1n) is 42.4. The molecular formula is C81H132N25O16P5. The van der Waals surface area contributed by atoms with Gasteiger partial charge in [-0.15, -0.1) is 65.9 Å². The van der Waals surface area contributed by atoms with Gasteiger partial charge in [-0.3, -0.25) is 22.8 Å². The molecule has 0 spiro atoms. The van der Waals surface area contributed by atoms with Crippen molar-refractivity contribution in [1.29, 1.82) is 0 Å². The van der Waals surface area contributed by atoms with Crippen LogP contribution in [0.15, 0.2) is 31.6 Å². The molecule has 5 aliphatic heterocycles. The number of aromatic nitrogens is 20. The maximum Gasteiger partial charge on any atom is 0.320 e. The third-order valence-corrected chi connectivity index (χ3v) is 29.7. The molecule has 0 radical (unpaired) electrons. The first kappa shape index (κ1) is 100. The molecule has 10 aromatic heterocycles. The lowest BCUT2D eigenvalue weighted by Gasteiger charge is -2.18. The largest absolute Gasteiger partial charge is 0.467 e. The van der Waals surface area contributed by atoms with Crippen molar-refractivity contribution in [2.24, 2.45) is 0 Å². The maximum atomic E-state index is 10.6. The number of aliphatic hydroxyl groups excluding tert-OH is 10. The van der Waals surface area contributed by atoms with Crippen LogP contribution in [-0.4, -0.2) is 376 Å². The Labute approximate surface area is 739 Å². The lowest BCUT2D eigenvalue weighted by Crippen LogP contribution is -2.31. The van der Waals surface area contributed by atoms with Crippen molar-refractivity contribution in [2.45, 2.75) is 221 Å². The molecule has 20 N–H and O–H groups in total. The van der Waals surface area contributed by atoms with Crippen molar-refractivity contribution in [3.8, 4) is 6.01 Å². The Morgan fingerprint density at radius 2 is 0.575 bits per heavy atom. The van der Waals surface area contributed by atoms with E-state index in [2.05, 4.69) is 180 Å². The summed E-state index contributed by atoms with van der Waals surface area (Å²) in [5, 5.41) is 104. The van der Waals surface area contributed by atoms with E-state index in [0.29, 0.717) is 142 Å². The van der Waals surface area contributed by atoms with E-state index < -0.39 is 157 Å². The van der Waals surface area contributed by atoms with Crippen LogP contribution in [0.3, 0.4) is 0 Å². The molecule has 5 aliphatic rings. The fraction of sp³-hybridized carbons (Fsp3) is 0.630. The molecule has 702 valence electrons. The van der Waals surface area contributed by atoms with E-state index in [9.17, 15) is 51.1 Å². The minimum Gasteiger partial charge on any atom is -0.467 e. The number of hydrogen-bond acceptors (Lipinski definition) is 36. The number of fused-ring (bicyclic) bond motifs is 5. The number of unbranched alkanes of at least 4 members (excludes halogenated alkanes) is 1. The third kappa shape index (κ3) is 24.0. The second kappa shape index (κ2) is 41.1. The molecular weight excluding hydrogens is 1730 g/mol. The molecule has 15 rings (SSSR count). The van der Waals surface area contributed by atoms with Crippen molar-refractivity contribution in [3.05, 3.63) is 54.9 Å². The van der Waals surface area contributed by atoms with Crippen LogP contribution in [0, 0.1) is 6.92 Å². The highest BCUT2D eigenvalue weighted by atomic mass is 31.2. The van der Waals surface area contributed by atoms with Crippen molar-refractivity contribution >= 4 is 151 Å². The van der Waals surface area contributed by atoms with Gasteiger partial charge in [-0.1, -0.05) is 27.2 Å². The summed E-state index contributed by atoms with van der Waals surface area (Å²) >= 11 is 0. The summed E-state index contributed by atoms with van der Waals surface area (Å²) in [6.07, 6.45) is 24.8. The number of imidazole rings is 5. The van der Waals surface area contributed by atoms with Gasteiger partial charge in [0, 0.05) is 19.3 Å². The van der Waals surface area contributed by atoms with Crippen LogP contribution >= 0.6 is 34.4 Å². The lowest BCUT2D eigenvalue weighted by atomic mass is 10.1. The molecule has 5 saturated heterocycles. The quantitative estimate of drug-likeness (QED) is 0.0325. The molecule has 127 heavy (non-hydrogen) atoms. The summed E-state index contributed by atoms with van der Waals surface area (Å²) in [7, 11) is 1.44. The summed E-state index contributed by atoms with van der Waals surface area (Å²) in [4.78, 5) is 64.2. The Hall–Kier alpha value is -7.55. The minimum atomic E-state index is -1.25. The monoisotopic (exact) mass is 1870 g/mol. The molecule has 0 aromatic carbocycles. The van der Waals surface area contributed by atoms with E-state index in [1.807, 2.05) is 13.8 Å². The Bertz CT molecular complexity index is 5570.